The van der Waals surface area contributed by atoms with E-state index in [1.165, 1.54) is 0 Å². The monoisotopic (exact) mass is 597 g/mol. The Morgan fingerprint density at radius 1 is 1.02 bits per heavy atom. The molecule has 230 valence electrons. The number of carbonyl (C=O) groups excluding carboxylic acids is 2. The Kier molecular flexibility index (Phi) is 10.1. The number of halogens is 2. The predicted molar refractivity (Wildman–Crippen MR) is 151 cm³/mol. The van der Waals surface area contributed by atoms with Crippen molar-refractivity contribution in [1.29, 1.82) is 5.26 Å². The highest BCUT2D eigenvalue weighted by molar-refractivity contribution is 8.00. The second kappa shape index (κ2) is 13.4. The summed E-state index contributed by atoms with van der Waals surface area (Å²) >= 11 is 1.62. The third kappa shape index (κ3) is 6.69. The van der Waals surface area contributed by atoms with Crippen molar-refractivity contribution >= 4 is 23.6 Å². The lowest BCUT2D eigenvalue weighted by molar-refractivity contribution is -0.144. The maximum Gasteiger partial charge on any atom is 0.241 e. The molecule has 3 aliphatic heterocycles. The zero-order chi connectivity index (χ0) is 29.3. The van der Waals surface area contributed by atoms with Gasteiger partial charge in [0, 0.05) is 63.0 Å². The smallest absolute Gasteiger partial charge is 0.241 e. The fourth-order valence-corrected chi connectivity index (χ4v) is 9.49. The molecular weight excluding hydrogens is 552 g/mol. The molecule has 0 radical (unpaired) electrons. The van der Waals surface area contributed by atoms with Gasteiger partial charge in [0.2, 0.25) is 18.2 Å². The van der Waals surface area contributed by atoms with Crippen LogP contribution >= 0.6 is 11.8 Å². The Morgan fingerprint density at radius 2 is 1.78 bits per heavy atom. The number of nitriles is 1. The molecule has 2 aliphatic carbocycles. The molecule has 9 nitrogen and oxygen atoms in total. The van der Waals surface area contributed by atoms with E-state index >= 15 is 0 Å². The molecule has 12 unspecified atom stereocenters. The summed E-state index contributed by atoms with van der Waals surface area (Å²) in [7, 11) is 3.28. The van der Waals surface area contributed by atoms with E-state index in [0.717, 1.165) is 25.7 Å². The molecule has 2 saturated carbocycles. The van der Waals surface area contributed by atoms with E-state index in [2.05, 4.69) is 28.9 Å². The molecule has 3 saturated heterocycles. The maximum atomic E-state index is 13.7. The summed E-state index contributed by atoms with van der Waals surface area (Å²) in [5.74, 6) is -1.30. The van der Waals surface area contributed by atoms with Crippen molar-refractivity contribution in [1.82, 2.24) is 20.9 Å². The third-order valence-corrected chi connectivity index (χ3v) is 11.7. The van der Waals surface area contributed by atoms with Crippen LogP contribution < -0.4 is 16.0 Å². The van der Waals surface area contributed by atoms with Gasteiger partial charge in [-0.3, -0.25) is 14.9 Å². The van der Waals surface area contributed by atoms with Crippen LogP contribution in [0.4, 0.5) is 8.78 Å². The highest BCUT2D eigenvalue weighted by Gasteiger charge is 2.49. The van der Waals surface area contributed by atoms with Crippen molar-refractivity contribution in [2.45, 2.75) is 93.3 Å². The molecule has 2 amide bonds. The van der Waals surface area contributed by atoms with Gasteiger partial charge in [0.25, 0.3) is 0 Å². The van der Waals surface area contributed by atoms with Crippen LogP contribution in [0.25, 0.3) is 0 Å². The van der Waals surface area contributed by atoms with Gasteiger partial charge >= 0.3 is 0 Å². The van der Waals surface area contributed by atoms with E-state index in [-0.39, 0.29) is 70.9 Å². The molecule has 5 aliphatic rings. The molecule has 5 rings (SSSR count). The number of hydrogen-bond acceptors (Lipinski definition) is 8. The first-order valence-electron chi connectivity index (χ1n) is 15.2. The van der Waals surface area contributed by atoms with Crippen LogP contribution in [-0.4, -0.2) is 92.0 Å². The van der Waals surface area contributed by atoms with Crippen LogP contribution in [0.5, 0.6) is 0 Å². The molecular formula is C29H45F2N5O4S. The summed E-state index contributed by atoms with van der Waals surface area (Å²) in [6.45, 7) is 3.76. The fraction of sp³-hybridized carbons (Fsp3) is 0.897. The molecule has 0 bridgehead atoms. The number of piperidine rings is 1. The first kappa shape index (κ1) is 30.9. The second-order valence-electron chi connectivity index (χ2n) is 12.8. The average Bonchev–Trinajstić information content (AvgIpc) is 3.54. The lowest BCUT2D eigenvalue weighted by Gasteiger charge is -2.44. The van der Waals surface area contributed by atoms with E-state index in [4.69, 9.17) is 9.47 Å². The predicted octanol–water partition coefficient (Wildman–Crippen LogP) is 2.57. The molecule has 0 spiro atoms. The van der Waals surface area contributed by atoms with Crippen molar-refractivity contribution in [3.63, 3.8) is 0 Å². The number of hydrogen-bond donors (Lipinski definition) is 3. The minimum Gasteiger partial charge on any atom is -0.381 e. The minimum absolute atomic E-state index is 0.00410. The zero-order valence-electron chi connectivity index (χ0n) is 24.3. The van der Waals surface area contributed by atoms with Crippen LogP contribution in [0.15, 0.2) is 0 Å². The largest absolute Gasteiger partial charge is 0.381 e. The van der Waals surface area contributed by atoms with E-state index in [1.807, 2.05) is 0 Å². The number of amides is 2. The number of carbonyl (C=O) groups is 2. The molecule has 3 heterocycles. The summed E-state index contributed by atoms with van der Waals surface area (Å²) in [6.07, 6.45) is 1.65. The van der Waals surface area contributed by atoms with Gasteiger partial charge in [0.05, 0.1) is 30.1 Å². The molecule has 0 aromatic carbocycles. The van der Waals surface area contributed by atoms with Gasteiger partial charge in [-0.15, -0.1) is 11.8 Å². The maximum absolute atomic E-state index is 13.7. The molecule has 12 atom stereocenters. The van der Waals surface area contributed by atoms with Crippen LogP contribution in [0.1, 0.15) is 51.9 Å². The zero-order valence-corrected chi connectivity index (χ0v) is 25.1. The van der Waals surface area contributed by atoms with Crippen LogP contribution in [0.2, 0.25) is 0 Å². The van der Waals surface area contributed by atoms with Gasteiger partial charge in [-0.1, -0.05) is 0 Å². The van der Waals surface area contributed by atoms with Crippen molar-refractivity contribution in [3.05, 3.63) is 0 Å². The highest BCUT2D eigenvalue weighted by atomic mass is 32.2. The topological polar surface area (TPSA) is 116 Å². The first-order valence-corrected chi connectivity index (χ1v) is 16.1. The Labute approximate surface area is 246 Å². The number of ether oxygens (including phenoxy) is 2. The van der Waals surface area contributed by atoms with Crippen molar-refractivity contribution in [2.75, 3.05) is 33.9 Å². The first-order chi connectivity index (χ1) is 19.7. The molecule has 0 aromatic rings. The summed E-state index contributed by atoms with van der Waals surface area (Å²) in [6, 6.07) is 2.77. The number of alkyl halides is 2. The van der Waals surface area contributed by atoms with Gasteiger partial charge in [-0.25, -0.2) is 8.78 Å². The Morgan fingerprint density at radius 3 is 2.46 bits per heavy atom. The summed E-state index contributed by atoms with van der Waals surface area (Å²) < 4.78 is 38.2. The Bertz CT molecular complexity index is 973. The van der Waals surface area contributed by atoms with Gasteiger partial charge in [0.1, 0.15) is 5.50 Å². The lowest BCUT2D eigenvalue weighted by atomic mass is 9.66. The lowest BCUT2D eigenvalue weighted by Crippen LogP contribution is -2.55. The van der Waals surface area contributed by atoms with Gasteiger partial charge < -0.3 is 25.0 Å². The van der Waals surface area contributed by atoms with Gasteiger partial charge in [-0.05, 0) is 63.7 Å². The van der Waals surface area contributed by atoms with Crippen LogP contribution in [0.3, 0.4) is 0 Å². The standard InChI is InChI=1S/C29H45F2N5O4S/c1-15-8-18(19-9-16(11-32)4-6-23(19)39-2)21(12-33-15)27(37)35-29-34-22-13-36(14-25(22)41-29)28(38)20-10-17(26(30)31)5-7-24(20)40-3/h15-26,29,33-34H,4-10,12-14H2,1-3H3,(H,35,37). The Hall–Kier alpha value is -1.52. The molecule has 12 heteroatoms. The highest BCUT2D eigenvalue weighted by Crippen LogP contribution is 2.42. The number of methoxy groups -OCH3 is 2. The normalized spacial score (nSPS) is 43.0. The number of likely N-dealkylation sites (tertiary alicyclic amines) is 1. The number of thioether (sulfide) groups is 1. The number of rotatable bonds is 7. The van der Waals surface area contributed by atoms with Gasteiger partial charge in [-0.2, -0.15) is 5.26 Å². The average molecular weight is 598 g/mol. The van der Waals surface area contributed by atoms with E-state index < -0.39 is 18.3 Å². The molecule has 3 N–H and O–H groups in total. The second-order valence-corrected chi connectivity index (χ2v) is 14.1. The molecule has 41 heavy (non-hydrogen) atoms. The SMILES string of the molecule is COC1CCC(C(F)F)CC1C(=O)N1CC2NC(NC(=O)C3CNC(C)CC3C3CC(C#N)CCC3OC)SC2C1. The van der Waals surface area contributed by atoms with Crippen molar-refractivity contribution < 1.29 is 27.8 Å². The summed E-state index contributed by atoms with van der Waals surface area (Å²) in [5, 5.41) is 19.9. The molecule has 5 fully saturated rings. The van der Waals surface area contributed by atoms with Gasteiger partial charge in [0.15, 0.2) is 0 Å². The van der Waals surface area contributed by atoms with Crippen LogP contribution in [-0.2, 0) is 19.1 Å². The number of nitrogens with one attached hydrogen (secondary N) is 3. The van der Waals surface area contributed by atoms with Crippen molar-refractivity contribution in [2.24, 2.45) is 35.5 Å². The summed E-state index contributed by atoms with van der Waals surface area (Å²) in [4.78, 5) is 28.9. The quantitative estimate of drug-likeness (QED) is 0.410. The Balaban J connectivity index is 1.17. The van der Waals surface area contributed by atoms with E-state index in [9.17, 15) is 23.6 Å². The van der Waals surface area contributed by atoms with Crippen LogP contribution in [0, 0.1) is 46.8 Å². The van der Waals surface area contributed by atoms with Crippen molar-refractivity contribution in [3.8, 4) is 6.07 Å². The number of nitrogens with zero attached hydrogens (tertiary/aromatic N) is 2. The summed E-state index contributed by atoms with van der Waals surface area (Å²) in [5.41, 5.74) is -0.254. The van der Waals surface area contributed by atoms with E-state index in [0.29, 0.717) is 38.5 Å². The number of fused-ring (bicyclic) bond motifs is 1. The molecule has 0 aromatic heterocycles. The fourth-order valence-electron chi connectivity index (χ4n) is 8.09. The van der Waals surface area contributed by atoms with E-state index in [1.54, 1.807) is 30.9 Å². The minimum atomic E-state index is -2.42. The third-order valence-electron chi connectivity index (χ3n) is 10.4.